The van der Waals surface area contributed by atoms with Gasteiger partial charge in [0.2, 0.25) is 5.95 Å². The first-order valence-electron chi connectivity index (χ1n) is 9.43. The molecule has 0 saturated heterocycles. The Kier molecular flexibility index (Phi) is 6.26. The van der Waals surface area contributed by atoms with Crippen LogP contribution in [-0.2, 0) is 13.3 Å². The highest BCUT2D eigenvalue weighted by Crippen LogP contribution is 2.28. The maximum absolute atomic E-state index is 13.3. The van der Waals surface area contributed by atoms with Gasteiger partial charge >= 0.3 is 0 Å². The first-order valence-corrected chi connectivity index (χ1v) is 9.80. The topological polar surface area (TPSA) is 130 Å². The SMILES string of the molecule is O=C(Nc1ncn(Cc2cccc(F)c2)n1)c1ccn(COc2ccc([N+](=O)[O-])cc2Cl)n1. The maximum atomic E-state index is 13.3. The molecule has 0 aliphatic rings. The van der Waals surface area contributed by atoms with Crippen LogP contribution in [0.5, 0.6) is 5.75 Å². The number of carbonyl (C=O) groups is 1. The van der Waals surface area contributed by atoms with Crippen molar-refractivity contribution in [3.8, 4) is 5.75 Å². The van der Waals surface area contributed by atoms with E-state index >= 15 is 0 Å². The molecule has 2 aromatic carbocycles. The number of anilines is 1. The number of halogens is 2. The average molecular weight is 472 g/mol. The first kappa shape index (κ1) is 21.9. The Labute approximate surface area is 190 Å². The maximum Gasteiger partial charge on any atom is 0.278 e. The third-order valence-electron chi connectivity index (χ3n) is 4.35. The van der Waals surface area contributed by atoms with Crippen LogP contribution in [0, 0.1) is 15.9 Å². The number of hydrogen-bond acceptors (Lipinski definition) is 7. The predicted molar refractivity (Wildman–Crippen MR) is 114 cm³/mol. The number of benzene rings is 2. The van der Waals surface area contributed by atoms with Crippen LogP contribution >= 0.6 is 11.6 Å². The van der Waals surface area contributed by atoms with E-state index in [1.54, 1.807) is 12.1 Å². The van der Waals surface area contributed by atoms with E-state index in [9.17, 15) is 19.3 Å². The summed E-state index contributed by atoms with van der Waals surface area (Å²) in [4.78, 5) is 26.6. The predicted octanol–water partition coefficient (Wildman–Crippen LogP) is 3.51. The van der Waals surface area contributed by atoms with E-state index in [1.807, 2.05) is 0 Å². The molecule has 1 N–H and O–H groups in total. The van der Waals surface area contributed by atoms with Gasteiger partial charge in [-0.1, -0.05) is 23.7 Å². The van der Waals surface area contributed by atoms with E-state index in [-0.39, 0.29) is 47.2 Å². The van der Waals surface area contributed by atoms with E-state index in [0.29, 0.717) is 5.56 Å². The van der Waals surface area contributed by atoms with Crippen molar-refractivity contribution in [3.05, 3.63) is 93.3 Å². The van der Waals surface area contributed by atoms with Crippen molar-refractivity contribution in [2.75, 3.05) is 5.32 Å². The van der Waals surface area contributed by atoms with Crippen LogP contribution in [0.3, 0.4) is 0 Å². The fourth-order valence-corrected chi connectivity index (χ4v) is 3.06. The molecule has 0 bridgehead atoms. The van der Waals surface area contributed by atoms with Crippen LogP contribution < -0.4 is 10.1 Å². The molecule has 0 unspecified atom stereocenters. The van der Waals surface area contributed by atoms with Gasteiger partial charge in [0.05, 0.1) is 16.5 Å². The Morgan fingerprint density at radius 3 is 2.79 bits per heavy atom. The van der Waals surface area contributed by atoms with Gasteiger partial charge in [0, 0.05) is 18.3 Å². The Morgan fingerprint density at radius 1 is 1.18 bits per heavy atom. The van der Waals surface area contributed by atoms with E-state index < -0.39 is 10.8 Å². The van der Waals surface area contributed by atoms with Gasteiger partial charge in [-0.3, -0.25) is 20.2 Å². The van der Waals surface area contributed by atoms with Crippen molar-refractivity contribution in [2.45, 2.75) is 13.3 Å². The highest BCUT2D eigenvalue weighted by molar-refractivity contribution is 6.32. The smallest absolute Gasteiger partial charge is 0.278 e. The number of nitrogens with one attached hydrogen (secondary N) is 1. The molecule has 11 nitrogen and oxygen atoms in total. The molecule has 1 amide bonds. The lowest BCUT2D eigenvalue weighted by atomic mass is 10.2. The van der Waals surface area contributed by atoms with Crippen molar-refractivity contribution in [1.29, 1.82) is 0 Å². The van der Waals surface area contributed by atoms with E-state index in [2.05, 4.69) is 20.5 Å². The molecule has 0 aliphatic heterocycles. The molecule has 2 heterocycles. The lowest BCUT2D eigenvalue weighted by Gasteiger charge is -2.07. The van der Waals surface area contributed by atoms with Gasteiger partial charge < -0.3 is 4.74 Å². The number of ether oxygens (including phenoxy) is 1. The molecule has 0 fully saturated rings. The zero-order valence-electron chi connectivity index (χ0n) is 16.8. The fraction of sp³-hybridized carbons (Fsp3) is 0.100. The molecule has 4 aromatic rings. The number of nitro benzene ring substituents is 1. The Balaban J connectivity index is 1.34. The van der Waals surface area contributed by atoms with Crippen molar-refractivity contribution >= 4 is 29.1 Å². The van der Waals surface area contributed by atoms with Gasteiger partial charge in [-0.05, 0) is 29.8 Å². The zero-order valence-corrected chi connectivity index (χ0v) is 17.5. The van der Waals surface area contributed by atoms with Gasteiger partial charge in [-0.25, -0.2) is 18.7 Å². The Morgan fingerprint density at radius 2 is 2.03 bits per heavy atom. The number of nitrogens with zero attached hydrogens (tertiary/aromatic N) is 6. The van der Waals surface area contributed by atoms with Crippen LogP contribution in [0.15, 0.2) is 61.1 Å². The molecule has 168 valence electrons. The molecule has 0 aliphatic carbocycles. The number of amides is 1. The third-order valence-corrected chi connectivity index (χ3v) is 4.64. The Hall–Kier alpha value is -4.32. The minimum Gasteiger partial charge on any atom is -0.470 e. The lowest BCUT2D eigenvalue weighted by Crippen LogP contribution is -2.15. The summed E-state index contributed by atoms with van der Waals surface area (Å²) in [5.74, 6) is -0.584. The molecular formula is C20H15ClFN7O4. The fourth-order valence-electron chi connectivity index (χ4n) is 2.83. The molecule has 33 heavy (non-hydrogen) atoms. The average Bonchev–Trinajstić information content (AvgIpc) is 3.42. The molecule has 13 heteroatoms. The monoisotopic (exact) mass is 471 g/mol. The minimum atomic E-state index is -0.562. The van der Waals surface area contributed by atoms with E-state index in [1.165, 1.54) is 58.3 Å². The lowest BCUT2D eigenvalue weighted by molar-refractivity contribution is -0.384. The summed E-state index contributed by atoms with van der Waals surface area (Å²) in [7, 11) is 0. The quantitative estimate of drug-likeness (QED) is 0.307. The standard InChI is InChI=1S/C20H15ClFN7O4/c21-16-9-15(29(31)32)4-5-18(16)33-12-27-7-6-17(25-27)19(30)24-20-23-11-28(26-20)10-13-2-1-3-14(22)8-13/h1-9,11H,10,12H2,(H,24,26,30). The molecule has 0 atom stereocenters. The summed E-state index contributed by atoms with van der Waals surface area (Å²) in [5.41, 5.74) is 0.636. The van der Waals surface area contributed by atoms with Gasteiger partial charge in [0.15, 0.2) is 12.4 Å². The zero-order chi connectivity index (χ0) is 23.4. The number of hydrogen-bond donors (Lipinski definition) is 1. The van der Waals surface area contributed by atoms with Crippen LogP contribution in [-0.4, -0.2) is 35.4 Å². The number of carbonyl (C=O) groups excluding carboxylic acids is 1. The highest BCUT2D eigenvalue weighted by atomic mass is 35.5. The summed E-state index contributed by atoms with van der Waals surface area (Å²) < 4.78 is 21.6. The molecule has 2 aromatic heterocycles. The van der Waals surface area contributed by atoms with Gasteiger partial charge in [-0.2, -0.15) is 5.10 Å². The number of non-ortho nitro benzene ring substituents is 1. The van der Waals surface area contributed by atoms with Gasteiger partial charge in [0.25, 0.3) is 11.6 Å². The van der Waals surface area contributed by atoms with Crippen molar-refractivity contribution in [2.24, 2.45) is 0 Å². The first-order chi connectivity index (χ1) is 15.9. The molecule has 0 radical (unpaired) electrons. The van der Waals surface area contributed by atoms with Crippen molar-refractivity contribution < 1.29 is 18.8 Å². The largest absolute Gasteiger partial charge is 0.470 e. The second-order valence-corrected chi connectivity index (χ2v) is 7.14. The van der Waals surface area contributed by atoms with Gasteiger partial charge in [0.1, 0.15) is 17.9 Å². The van der Waals surface area contributed by atoms with Crippen LogP contribution in [0.4, 0.5) is 16.0 Å². The molecule has 4 rings (SSSR count). The summed E-state index contributed by atoms with van der Waals surface area (Å²) >= 11 is 5.99. The van der Waals surface area contributed by atoms with Crippen LogP contribution in [0.2, 0.25) is 5.02 Å². The summed E-state index contributed by atoms with van der Waals surface area (Å²) in [6, 6.07) is 11.4. The minimum absolute atomic E-state index is 0.0693. The normalized spacial score (nSPS) is 10.7. The van der Waals surface area contributed by atoms with Crippen molar-refractivity contribution in [1.82, 2.24) is 24.5 Å². The highest BCUT2D eigenvalue weighted by Gasteiger charge is 2.14. The summed E-state index contributed by atoms with van der Waals surface area (Å²) in [6.07, 6.45) is 2.94. The molecule has 0 saturated carbocycles. The number of rotatable bonds is 8. The number of aromatic nitrogens is 5. The second kappa shape index (κ2) is 9.44. The summed E-state index contributed by atoms with van der Waals surface area (Å²) in [6.45, 7) is 0.211. The molecule has 0 spiro atoms. The van der Waals surface area contributed by atoms with Crippen LogP contribution in [0.25, 0.3) is 0 Å². The number of nitro groups is 1. The van der Waals surface area contributed by atoms with Crippen LogP contribution in [0.1, 0.15) is 16.1 Å². The van der Waals surface area contributed by atoms with Crippen molar-refractivity contribution in [3.63, 3.8) is 0 Å². The third kappa shape index (κ3) is 5.49. The summed E-state index contributed by atoms with van der Waals surface area (Å²) in [5, 5.41) is 21.6. The molecular weight excluding hydrogens is 457 g/mol. The van der Waals surface area contributed by atoms with Gasteiger partial charge in [-0.15, -0.1) is 5.10 Å². The van der Waals surface area contributed by atoms with E-state index in [0.717, 1.165) is 0 Å². The second-order valence-electron chi connectivity index (χ2n) is 6.74. The van der Waals surface area contributed by atoms with E-state index in [4.69, 9.17) is 16.3 Å². The Bertz CT molecular complexity index is 1320.